The van der Waals surface area contributed by atoms with Crippen LogP contribution in [0.2, 0.25) is 0 Å². The quantitative estimate of drug-likeness (QED) is 0.553. The SMILES string of the molecule is [Ce].[Cr].[Fe].[Ni]. The van der Waals surface area contributed by atoms with E-state index in [0.29, 0.717) is 0 Å². The van der Waals surface area contributed by atoms with Crippen molar-refractivity contribution >= 4 is 0 Å². The zero-order valence-electron chi connectivity index (χ0n) is 1.58. The molecule has 0 nitrogen and oxygen atoms in total. The predicted octanol–water partition coefficient (Wildman–Crippen LogP) is -0.00750. The van der Waals surface area contributed by atoms with Crippen molar-refractivity contribution in [1.82, 2.24) is 0 Å². The Morgan fingerprint density at radius 3 is 1.00 bits per heavy atom. The van der Waals surface area contributed by atoms with Gasteiger partial charge in [0.1, 0.15) is 0 Å². The molecule has 0 saturated heterocycles. The van der Waals surface area contributed by atoms with Crippen LogP contribution in [0.1, 0.15) is 0 Å². The molecule has 0 aromatic rings. The summed E-state index contributed by atoms with van der Waals surface area (Å²) in [6.07, 6.45) is 0. The van der Waals surface area contributed by atoms with E-state index in [-0.39, 0.29) is 92.7 Å². The summed E-state index contributed by atoms with van der Waals surface area (Å²) in [5.74, 6) is 0. The monoisotopic (exact) mass is 306 g/mol. The van der Waals surface area contributed by atoms with Gasteiger partial charge in [0.2, 0.25) is 0 Å². The molecular weight excluding hydrogens is 307 g/mol. The second-order valence-corrected chi connectivity index (χ2v) is 0. The molecule has 0 unspecified atom stereocenters. The van der Waals surface area contributed by atoms with Crippen molar-refractivity contribution in [1.29, 1.82) is 0 Å². The van der Waals surface area contributed by atoms with Crippen LogP contribution in [0.3, 0.4) is 0 Å². The van der Waals surface area contributed by atoms with Crippen molar-refractivity contribution in [3.63, 3.8) is 0 Å². The summed E-state index contributed by atoms with van der Waals surface area (Å²) in [7, 11) is 0. The fraction of sp³-hybridized carbons (Fsp3) is 0. The fourth-order valence-corrected chi connectivity index (χ4v) is 0. The van der Waals surface area contributed by atoms with Crippen LogP contribution in [0.25, 0.3) is 0 Å². The van der Waals surface area contributed by atoms with Crippen molar-refractivity contribution in [2.24, 2.45) is 0 Å². The maximum Gasteiger partial charge on any atom is 0 e. The second kappa shape index (κ2) is 16.8. The molecule has 0 aliphatic rings. The third-order valence-corrected chi connectivity index (χ3v) is 0. The van der Waals surface area contributed by atoms with Gasteiger partial charge in [0.05, 0.1) is 0 Å². The molecule has 28 valence electrons. The Morgan fingerprint density at radius 2 is 1.00 bits per heavy atom. The summed E-state index contributed by atoms with van der Waals surface area (Å²) in [5.41, 5.74) is 0. The van der Waals surface area contributed by atoms with Crippen molar-refractivity contribution in [3.8, 4) is 0 Å². The van der Waals surface area contributed by atoms with E-state index in [9.17, 15) is 0 Å². The molecule has 4 heavy (non-hydrogen) atoms. The van der Waals surface area contributed by atoms with Gasteiger partial charge < -0.3 is 0 Å². The molecule has 0 bridgehead atoms. The molecule has 0 atom stereocenters. The third kappa shape index (κ3) is 8.87. The summed E-state index contributed by atoms with van der Waals surface area (Å²) < 4.78 is 0. The molecule has 0 aromatic heterocycles. The molecule has 0 fully saturated rings. The minimum absolute atomic E-state index is 0. The predicted molar refractivity (Wildman–Crippen MR) is 0 cm³/mol. The first-order chi connectivity index (χ1) is 0. The molecule has 0 aliphatic heterocycles. The van der Waals surface area contributed by atoms with Crippen LogP contribution in [-0.2, 0) is 50.9 Å². The van der Waals surface area contributed by atoms with Crippen LogP contribution < -0.4 is 0 Å². The summed E-state index contributed by atoms with van der Waals surface area (Å²) in [4.78, 5) is 0. The van der Waals surface area contributed by atoms with Crippen LogP contribution in [0.5, 0.6) is 0 Å². The van der Waals surface area contributed by atoms with E-state index in [1.165, 1.54) is 0 Å². The van der Waals surface area contributed by atoms with Crippen LogP contribution in [-0.4, -0.2) is 0 Å². The average molecular weight is 307 g/mol. The maximum atomic E-state index is 0. The van der Waals surface area contributed by atoms with E-state index in [1.807, 2.05) is 0 Å². The number of rotatable bonds is 0. The van der Waals surface area contributed by atoms with E-state index < -0.39 is 0 Å². The normalized spacial score (nSPS) is 0. The maximum absolute atomic E-state index is 0. The van der Waals surface area contributed by atoms with Gasteiger partial charge in [-0.05, 0) is 0 Å². The standard InChI is InChI=1S/Ce.Cr.Fe.Ni. The van der Waals surface area contributed by atoms with Gasteiger partial charge in [0, 0.05) is 92.7 Å². The van der Waals surface area contributed by atoms with E-state index in [1.54, 1.807) is 0 Å². The molecule has 0 radical (unpaired) electrons. The molecule has 0 rings (SSSR count). The largest absolute Gasteiger partial charge is 0 e. The van der Waals surface area contributed by atoms with Gasteiger partial charge in [-0.1, -0.05) is 0 Å². The molecule has 0 amide bonds. The molecule has 0 saturated carbocycles. The van der Waals surface area contributed by atoms with Crippen LogP contribution >= 0.6 is 0 Å². The Balaban J connectivity index is 0. The Bertz CT molecular complexity index is 8.00. The average Bonchev–Trinajstić information content (AvgIpc) is 0. The molecule has 4 heteroatoms. The van der Waals surface area contributed by atoms with E-state index in [4.69, 9.17) is 0 Å². The van der Waals surface area contributed by atoms with Crippen molar-refractivity contribution < 1.29 is 92.7 Å². The Morgan fingerprint density at radius 1 is 1.00 bits per heavy atom. The summed E-state index contributed by atoms with van der Waals surface area (Å²) >= 11 is 0. The van der Waals surface area contributed by atoms with Gasteiger partial charge in [0.25, 0.3) is 0 Å². The topological polar surface area (TPSA) is 0 Å². The van der Waals surface area contributed by atoms with Gasteiger partial charge in [-0.15, -0.1) is 0 Å². The van der Waals surface area contributed by atoms with E-state index in [2.05, 4.69) is 0 Å². The van der Waals surface area contributed by atoms with Crippen LogP contribution in [0.4, 0.5) is 0 Å². The smallest absolute Gasteiger partial charge is 0 e. The van der Waals surface area contributed by atoms with Crippen molar-refractivity contribution in [2.45, 2.75) is 0 Å². The minimum Gasteiger partial charge on any atom is 0 e. The molecule has 0 heterocycles. The van der Waals surface area contributed by atoms with Gasteiger partial charge >= 0.3 is 0 Å². The first-order valence-electron chi connectivity index (χ1n) is 0. The van der Waals surface area contributed by atoms with Gasteiger partial charge in [-0.2, -0.15) is 0 Å². The van der Waals surface area contributed by atoms with Crippen molar-refractivity contribution in [3.05, 3.63) is 0 Å². The number of hydrogen-bond donors (Lipinski definition) is 0. The third-order valence-electron chi connectivity index (χ3n) is 0. The number of hydrogen-bond acceptors (Lipinski definition) is 0. The van der Waals surface area contributed by atoms with Gasteiger partial charge in [0.15, 0.2) is 0 Å². The van der Waals surface area contributed by atoms with E-state index in [0.717, 1.165) is 0 Å². The van der Waals surface area contributed by atoms with E-state index >= 15 is 0 Å². The van der Waals surface area contributed by atoms with Crippen LogP contribution in [0.15, 0.2) is 0 Å². The molecular formula is CeCrFeNi. The first kappa shape index (κ1) is 28.4. The second-order valence-electron chi connectivity index (χ2n) is 0. The summed E-state index contributed by atoms with van der Waals surface area (Å²) in [5, 5.41) is 0. The van der Waals surface area contributed by atoms with Gasteiger partial charge in [-0.25, -0.2) is 0 Å². The van der Waals surface area contributed by atoms with Crippen molar-refractivity contribution in [2.75, 3.05) is 0 Å². The molecule has 0 aromatic carbocycles. The summed E-state index contributed by atoms with van der Waals surface area (Å²) in [6.45, 7) is 0. The Labute approximate surface area is 90.8 Å². The molecule has 0 N–H and O–H groups in total. The fourth-order valence-electron chi connectivity index (χ4n) is 0. The zero-order valence-corrected chi connectivity index (χ0v) is 8.08. The zero-order chi connectivity index (χ0) is 0. The van der Waals surface area contributed by atoms with Gasteiger partial charge in [-0.3, -0.25) is 0 Å². The summed E-state index contributed by atoms with van der Waals surface area (Å²) in [6, 6.07) is 0. The van der Waals surface area contributed by atoms with Crippen LogP contribution in [0, 0.1) is 41.7 Å². The molecule has 0 aliphatic carbocycles. The molecule has 0 spiro atoms. The minimum atomic E-state index is 0. The Kier molecular flexibility index (Phi) is 119. The Hall–Kier alpha value is 2.92. The first-order valence-corrected chi connectivity index (χ1v) is 0.